The minimum absolute atomic E-state index is 0.251. The van der Waals surface area contributed by atoms with Crippen molar-refractivity contribution in [3.63, 3.8) is 0 Å². The van der Waals surface area contributed by atoms with Gasteiger partial charge in [-0.15, -0.1) is 0 Å². The highest BCUT2D eigenvalue weighted by Crippen LogP contribution is 2.21. The number of rotatable bonds is 2. The average Bonchev–Trinajstić information content (AvgIpc) is 2.16. The molecule has 7 heteroatoms. The van der Waals surface area contributed by atoms with Gasteiger partial charge in [-0.2, -0.15) is 18.4 Å². The predicted molar refractivity (Wildman–Crippen MR) is 49.3 cm³/mol. The second-order valence-corrected chi connectivity index (χ2v) is 3.61. The van der Waals surface area contributed by atoms with Crippen LogP contribution in [0.2, 0.25) is 0 Å². The zero-order valence-corrected chi connectivity index (χ0v) is 8.63. The number of nitriles is 1. The molecule has 0 radical (unpaired) electrons. The molecule has 0 saturated carbocycles. The third kappa shape index (κ3) is 4.06. The molecule has 90 valence electrons. The second kappa shape index (κ2) is 5.16. The molecule has 1 aliphatic heterocycles. The Balaban J connectivity index is 2.37. The summed E-state index contributed by atoms with van der Waals surface area (Å²) in [6.45, 7) is 1.68. The van der Waals surface area contributed by atoms with Crippen molar-refractivity contribution < 1.29 is 18.0 Å². The smallest absolute Gasteiger partial charge is 0.340 e. The van der Waals surface area contributed by atoms with Gasteiger partial charge >= 0.3 is 6.18 Å². The maximum absolute atomic E-state index is 12.0. The molecule has 1 fully saturated rings. The van der Waals surface area contributed by atoms with Crippen LogP contribution in [0.25, 0.3) is 0 Å². The Labute approximate surface area is 91.2 Å². The van der Waals surface area contributed by atoms with Gasteiger partial charge in [-0.05, 0) is 0 Å². The maximum Gasteiger partial charge on any atom is 0.397 e. The highest BCUT2D eigenvalue weighted by atomic mass is 19.4. The number of piperazine rings is 1. The molecule has 1 heterocycles. The summed E-state index contributed by atoms with van der Waals surface area (Å²) in [7, 11) is 0. The Morgan fingerprint density at radius 2 is 1.81 bits per heavy atom. The zero-order valence-electron chi connectivity index (χ0n) is 8.63. The first-order chi connectivity index (χ1) is 7.42. The fraction of sp³-hybridized carbons (Fsp3) is 0.778. The summed E-state index contributed by atoms with van der Waals surface area (Å²) in [6.07, 6.45) is -5.84. The Kier molecular flexibility index (Phi) is 4.12. The van der Waals surface area contributed by atoms with Crippen LogP contribution >= 0.6 is 0 Å². The largest absolute Gasteiger partial charge is 0.397 e. The quantitative estimate of drug-likeness (QED) is 0.659. The monoisotopic (exact) mass is 235 g/mol. The van der Waals surface area contributed by atoms with Crippen LogP contribution in [0, 0.1) is 11.3 Å². The second-order valence-electron chi connectivity index (χ2n) is 3.61. The molecule has 0 atom stereocenters. The van der Waals surface area contributed by atoms with Crippen LogP contribution < -0.4 is 0 Å². The zero-order chi connectivity index (χ0) is 12.2. The first-order valence-corrected chi connectivity index (χ1v) is 4.86. The summed E-state index contributed by atoms with van der Waals surface area (Å²) in [6, 6.07) is 1.96. The Hall–Kier alpha value is -1.29. The first kappa shape index (κ1) is 12.8. The molecular formula is C9H12F3N3O. The average molecular weight is 235 g/mol. The summed E-state index contributed by atoms with van der Waals surface area (Å²) in [4.78, 5) is 14.2. The van der Waals surface area contributed by atoms with E-state index in [0.717, 1.165) is 0 Å². The van der Waals surface area contributed by atoms with Crippen LogP contribution in [0.3, 0.4) is 0 Å². The molecule has 1 aliphatic rings. The lowest BCUT2D eigenvalue weighted by Gasteiger charge is -2.33. The van der Waals surface area contributed by atoms with Gasteiger partial charge in [0.05, 0.1) is 12.6 Å². The van der Waals surface area contributed by atoms with Gasteiger partial charge < -0.3 is 4.90 Å². The summed E-state index contributed by atoms with van der Waals surface area (Å²) in [5.74, 6) is -0.885. The first-order valence-electron chi connectivity index (χ1n) is 4.86. The number of hydrogen-bond acceptors (Lipinski definition) is 3. The van der Waals surface area contributed by atoms with Gasteiger partial charge in [-0.1, -0.05) is 0 Å². The third-order valence-electron chi connectivity index (χ3n) is 2.37. The van der Waals surface area contributed by atoms with Crippen molar-refractivity contribution >= 4 is 5.91 Å². The fourth-order valence-electron chi connectivity index (χ4n) is 1.54. The lowest BCUT2D eigenvalue weighted by molar-refractivity contribution is -0.162. The van der Waals surface area contributed by atoms with Crippen molar-refractivity contribution in [2.24, 2.45) is 0 Å². The number of amides is 1. The third-order valence-corrected chi connectivity index (χ3v) is 2.37. The van der Waals surface area contributed by atoms with E-state index in [1.807, 2.05) is 6.07 Å². The Morgan fingerprint density at radius 3 is 2.25 bits per heavy atom. The van der Waals surface area contributed by atoms with Crippen LogP contribution in [0.1, 0.15) is 6.42 Å². The maximum atomic E-state index is 12.0. The number of alkyl halides is 3. The summed E-state index contributed by atoms with van der Waals surface area (Å²) < 4.78 is 35.9. The van der Waals surface area contributed by atoms with Crippen LogP contribution in [0.5, 0.6) is 0 Å². The van der Waals surface area contributed by atoms with E-state index in [0.29, 0.717) is 13.1 Å². The van der Waals surface area contributed by atoms with Crippen LogP contribution in [-0.4, -0.2) is 54.6 Å². The molecule has 1 saturated heterocycles. The lowest BCUT2D eigenvalue weighted by Crippen LogP contribution is -2.49. The predicted octanol–water partition coefficient (Wildman–Crippen LogP) is 0.607. The lowest BCUT2D eigenvalue weighted by atomic mass is 10.2. The van der Waals surface area contributed by atoms with Gasteiger partial charge in [0.1, 0.15) is 6.42 Å². The number of carbonyl (C=O) groups excluding carboxylic acids is 1. The van der Waals surface area contributed by atoms with Crippen molar-refractivity contribution in [1.29, 1.82) is 5.26 Å². The molecule has 4 nitrogen and oxygen atoms in total. The molecule has 0 bridgehead atoms. The van der Waals surface area contributed by atoms with E-state index in [2.05, 4.69) is 0 Å². The van der Waals surface area contributed by atoms with E-state index < -0.39 is 18.5 Å². The molecule has 0 unspecified atom stereocenters. The molecule has 1 amide bonds. The summed E-state index contributed by atoms with van der Waals surface area (Å²) in [5.41, 5.74) is 0. The Bertz CT molecular complexity index is 289. The molecule has 0 aromatic rings. The number of hydrogen-bond donors (Lipinski definition) is 0. The van der Waals surface area contributed by atoms with Crippen molar-refractivity contribution in [2.45, 2.75) is 12.6 Å². The van der Waals surface area contributed by atoms with E-state index in [1.54, 1.807) is 4.90 Å². The number of carbonyl (C=O) groups is 1. The highest BCUT2D eigenvalue weighted by molar-refractivity contribution is 5.76. The molecule has 16 heavy (non-hydrogen) atoms. The van der Waals surface area contributed by atoms with Gasteiger partial charge in [-0.25, -0.2) is 0 Å². The normalized spacial score (nSPS) is 18.2. The summed E-state index contributed by atoms with van der Waals surface area (Å²) >= 11 is 0. The van der Waals surface area contributed by atoms with Crippen molar-refractivity contribution in [3.8, 4) is 6.07 Å². The van der Waals surface area contributed by atoms with Crippen molar-refractivity contribution in [1.82, 2.24) is 9.80 Å². The van der Waals surface area contributed by atoms with Crippen molar-refractivity contribution in [3.05, 3.63) is 0 Å². The van der Waals surface area contributed by atoms with E-state index >= 15 is 0 Å². The fourth-order valence-corrected chi connectivity index (χ4v) is 1.54. The van der Waals surface area contributed by atoms with Gasteiger partial charge in [0.2, 0.25) is 5.91 Å². The number of halogens is 3. The topological polar surface area (TPSA) is 47.3 Å². The van der Waals surface area contributed by atoms with Gasteiger partial charge in [0, 0.05) is 26.2 Å². The molecule has 0 spiro atoms. The van der Waals surface area contributed by atoms with Gasteiger partial charge in [0.15, 0.2) is 0 Å². The number of nitrogens with zero attached hydrogens (tertiary/aromatic N) is 3. The molecule has 0 N–H and O–H groups in total. The van der Waals surface area contributed by atoms with E-state index in [4.69, 9.17) is 5.26 Å². The van der Waals surface area contributed by atoms with Crippen LogP contribution in [-0.2, 0) is 4.79 Å². The van der Waals surface area contributed by atoms with E-state index in [-0.39, 0.29) is 19.6 Å². The summed E-state index contributed by atoms with van der Waals surface area (Å²) in [5, 5.41) is 8.43. The van der Waals surface area contributed by atoms with E-state index in [1.165, 1.54) is 4.90 Å². The molecule has 0 aromatic carbocycles. The van der Waals surface area contributed by atoms with Crippen LogP contribution in [0.4, 0.5) is 13.2 Å². The van der Waals surface area contributed by atoms with Gasteiger partial charge in [0.25, 0.3) is 0 Å². The molecule has 1 rings (SSSR count). The highest BCUT2D eigenvalue weighted by Gasteiger charge is 2.34. The van der Waals surface area contributed by atoms with Crippen LogP contribution in [0.15, 0.2) is 0 Å². The minimum atomic E-state index is -4.44. The SMILES string of the molecule is N#CCN1CCN(C(=O)CC(F)(F)F)CC1. The standard InChI is InChI=1S/C9H12F3N3O/c10-9(11,12)7-8(16)15-5-3-14(2-1-13)4-6-15/h2-7H2. The molecule has 0 aliphatic carbocycles. The van der Waals surface area contributed by atoms with Gasteiger partial charge in [-0.3, -0.25) is 9.69 Å². The van der Waals surface area contributed by atoms with E-state index in [9.17, 15) is 18.0 Å². The van der Waals surface area contributed by atoms with Crippen molar-refractivity contribution in [2.75, 3.05) is 32.7 Å². The minimum Gasteiger partial charge on any atom is -0.340 e. The Morgan fingerprint density at radius 1 is 1.25 bits per heavy atom. The molecule has 0 aromatic heterocycles. The molecular weight excluding hydrogens is 223 g/mol.